The van der Waals surface area contributed by atoms with Crippen molar-refractivity contribution in [3.05, 3.63) is 293 Å². The second-order valence-electron chi connectivity index (χ2n) is 23.3. The van der Waals surface area contributed by atoms with Gasteiger partial charge in [0.05, 0.1) is 138 Å². The molecule has 0 saturated carbocycles. The van der Waals surface area contributed by atoms with Gasteiger partial charge >= 0.3 is 0 Å². The Morgan fingerprint density at radius 3 is 0.765 bits per heavy atom. The van der Waals surface area contributed by atoms with Crippen LogP contribution in [0.2, 0.25) is 0 Å². The number of nitrogens with zero attached hydrogens (tertiary/aromatic N) is 14. The number of aromatic nitrogens is 5. The number of hydrogen-bond acceptors (Lipinski definition) is 12. The molecule has 0 N–H and O–H groups in total. The van der Waals surface area contributed by atoms with E-state index in [-0.39, 0.29) is 0 Å². The minimum absolute atomic E-state index is 0.322. The van der Waals surface area contributed by atoms with Crippen LogP contribution in [-0.2, 0) is 0 Å². The SMILES string of the molecule is N#Cc1cc(C#N)cc(-c2ccc3c(c2)c2cc(-c4cc(C#N)cc(C#N)c4)ccc2n3-c2ccc(C#N)cc2-c2cc(-c3nc(-c4ccccc4)nc(-c4ccccc4)n3)ccc2-n2c3ccc(-c4cc(C#N)cc(C#N)c4)cc3c3cc(-c4cc(C#N)cc(C#N)c4)ccc32)c1. The molecule has 0 amide bonds. The molecular formula is C84H40N14. The van der Waals surface area contributed by atoms with Gasteiger partial charge in [0.2, 0.25) is 0 Å². The zero-order chi connectivity index (χ0) is 67.1. The molecular weight excluding hydrogens is 1210 g/mol. The standard InChI is InChI=1S/C84H40N14/c85-41-50-11-17-76(97-77-18-12-61(66-27-51(42-86)23-52(28-66)43-87)36-71(77)72-37-62(13-19-78(72)97)67-29-53(44-88)24-54(30-67)45-89)70(35-50)75-40-65(84-95-82(59-7-3-1-4-8-59)94-83(96-84)60-9-5-2-6-10-60)16-22-81(75)98-79-20-14-63(68-31-55(46-90)25-56(32-68)47-91)38-73(79)74-39-64(15-21-80(74)98)69-33-57(48-92)26-58(34-69)49-93/h1-40H. The quantitative estimate of drug-likeness (QED) is 0.124. The van der Waals surface area contributed by atoms with Crippen LogP contribution in [0.4, 0.5) is 0 Å². The third-order valence-corrected chi connectivity index (χ3v) is 17.5. The van der Waals surface area contributed by atoms with Crippen molar-refractivity contribution in [3.63, 3.8) is 0 Å². The van der Waals surface area contributed by atoms with Gasteiger partial charge in [-0.25, -0.2) is 15.0 Å². The van der Waals surface area contributed by atoms with Crippen molar-refractivity contribution in [2.24, 2.45) is 0 Å². The lowest BCUT2D eigenvalue weighted by molar-refractivity contribution is 1.07. The van der Waals surface area contributed by atoms with Crippen molar-refractivity contribution in [1.82, 2.24) is 24.1 Å². The van der Waals surface area contributed by atoms with E-state index in [2.05, 4.69) is 63.8 Å². The van der Waals surface area contributed by atoms with E-state index in [1.807, 2.05) is 164 Å². The van der Waals surface area contributed by atoms with Gasteiger partial charge in [-0.15, -0.1) is 0 Å². The Morgan fingerprint density at radius 2 is 0.469 bits per heavy atom. The lowest BCUT2D eigenvalue weighted by atomic mass is 9.96. The molecule has 446 valence electrons. The summed E-state index contributed by atoms with van der Waals surface area (Å²) in [5.41, 5.74) is 16.2. The Balaban J connectivity index is 1.05. The highest BCUT2D eigenvalue weighted by molar-refractivity contribution is 6.14. The summed E-state index contributed by atoms with van der Waals surface area (Å²) in [5, 5.41) is 95.3. The first-order valence-corrected chi connectivity index (χ1v) is 30.6. The summed E-state index contributed by atoms with van der Waals surface area (Å²) in [6.07, 6.45) is 0. The predicted molar refractivity (Wildman–Crippen MR) is 374 cm³/mol. The van der Waals surface area contributed by atoms with E-state index in [4.69, 9.17) is 15.0 Å². The van der Waals surface area contributed by atoms with Crippen LogP contribution in [0.3, 0.4) is 0 Å². The third-order valence-electron chi connectivity index (χ3n) is 17.5. The van der Waals surface area contributed by atoms with Gasteiger partial charge in [0.15, 0.2) is 17.5 Å². The van der Waals surface area contributed by atoms with Gasteiger partial charge < -0.3 is 9.13 Å². The summed E-state index contributed by atoms with van der Waals surface area (Å²) < 4.78 is 4.31. The van der Waals surface area contributed by atoms with Gasteiger partial charge in [-0.1, -0.05) is 84.9 Å². The normalized spacial score (nSPS) is 10.8. The lowest BCUT2D eigenvalue weighted by Crippen LogP contribution is -2.04. The number of rotatable bonds is 10. The van der Waals surface area contributed by atoms with E-state index in [1.165, 1.54) is 0 Å². The van der Waals surface area contributed by atoms with Crippen LogP contribution in [0.25, 0.3) is 145 Å². The minimum atomic E-state index is 0.322. The molecule has 0 fully saturated rings. The molecule has 0 aliphatic rings. The van der Waals surface area contributed by atoms with Gasteiger partial charge in [0, 0.05) is 49.4 Å². The smallest absolute Gasteiger partial charge is 0.164 e. The molecule has 15 aromatic rings. The van der Waals surface area contributed by atoms with Crippen molar-refractivity contribution in [1.29, 1.82) is 47.4 Å². The number of hydrogen-bond donors (Lipinski definition) is 0. The average Bonchev–Trinajstić information content (AvgIpc) is 1.55. The van der Waals surface area contributed by atoms with E-state index in [1.54, 1.807) is 78.9 Å². The first kappa shape index (κ1) is 59.0. The molecule has 98 heavy (non-hydrogen) atoms. The summed E-state index contributed by atoms with van der Waals surface area (Å²) >= 11 is 0. The van der Waals surface area contributed by atoms with Gasteiger partial charge in [0.25, 0.3) is 0 Å². The van der Waals surface area contributed by atoms with Crippen molar-refractivity contribution in [3.8, 4) is 156 Å². The Hall–Kier alpha value is -15.3. The first-order valence-electron chi connectivity index (χ1n) is 30.6. The van der Waals surface area contributed by atoms with E-state index in [9.17, 15) is 47.4 Å². The number of benzene rings is 12. The van der Waals surface area contributed by atoms with E-state index < -0.39 is 0 Å². The van der Waals surface area contributed by atoms with Crippen LogP contribution < -0.4 is 0 Å². The van der Waals surface area contributed by atoms with Crippen LogP contribution in [0.5, 0.6) is 0 Å². The Bertz CT molecular complexity index is 5920. The molecule has 14 heteroatoms. The highest BCUT2D eigenvalue weighted by Gasteiger charge is 2.25. The Morgan fingerprint density at radius 1 is 0.204 bits per heavy atom. The summed E-state index contributed by atoms with van der Waals surface area (Å²) in [5.74, 6) is 1.26. The minimum Gasteiger partial charge on any atom is -0.309 e. The molecule has 0 aliphatic carbocycles. The van der Waals surface area contributed by atoms with Crippen LogP contribution in [-0.4, -0.2) is 24.1 Å². The van der Waals surface area contributed by atoms with Crippen molar-refractivity contribution in [2.45, 2.75) is 0 Å². The highest BCUT2D eigenvalue weighted by atomic mass is 15.0. The number of nitriles is 9. The molecule has 3 heterocycles. The molecule has 0 spiro atoms. The maximum atomic E-state index is 11.1. The first-order chi connectivity index (χ1) is 48.0. The van der Waals surface area contributed by atoms with E-state index in [0.29, 0.717) is 118 Å². The van der Waals surface area contributed by atoms with Crippen LogP contribution in [0.15, 0.2) is 243 Å². The van der Waals surface area contributed by atoms with Crippen LogP contribution >= 0.6 is 0 Å². The Kier molecular flexibility index (Phi) is 14.7. The van der Waals surface area contributed by atoms with Crippen LogP contribution in [0, 0.1) is 102 Å². The molecule has 0 unspecified atom stereocenters. The Labute approximate surface area is 560 Å². The molecule has 0 radical (unpaired) electrons. The predicted octanol–water partition coefficient (Wildman–Crippen LogP) is 18.2. The molecule has 3 aromatic heterocycles. The highest BCUT2D eigenvalue weighted by Crippen LogP contribution is 2.46. The van der Waals surface area contributed by atoms with Gasteiger partial charge in [-0.2, -0.15) is 47.4 Å². The van der Waals surface area contributed by atoms with Crippen molar-refractivity contribution < 1.29 is 0 Å². The lowest BCUT2D eigenvalue weighted by Gasteiger charge is -2.20. The average molecular weight is 1250 g/mol. The van der Waals surface area contributed by atoms with Crippen LogP contribution in [0.1, 0.15) is 50.1 Å². The molecule has 0 atom stereocenters. The fourth-order valence-electron chi connectivity index (χ4n) is 13.0. The van der Waals surface area contributed by atoms with Gasteiger partial charge in [0.1, 0.15) is 0 Å². The van der Waals surface area contributed by atoms with Gasteiger partial charge in [-0.3, -0.25) is 0 Å². The molecule has 15 rings (SSSR count). The second-order valence-corrected chi connectivity index (χ2v) is 23.3. The number of fused-ring (bicyclic) bond motifs is 6. The summed E-state index contributed by atoms with van der Waals surface area (Å²) in [6, 6.07) is 95.3. The van der Waals surface area contributed by atoms with E-state index in [0.717, 1.165) is 77.0 Å². The molecule has 0 aliphatic heterocycles. The van der Waals surface area contributed by atoms with Crippen molar-refractivity contribution >= 4 is 43.6 Å². The maximum Gasteiger partial charge on any atom is 0.164 e. The molecule has 0 bridgehead atoms. The topological polar surface area (TPSA) is 263 Å². The zero-order valence-electron chi connectivity index (χ0n) is 51.4. The monoisotopic (exact) mass is 1240 g/mol. The summed E-state index contributed by atoms with van der Waals surface area (Å²) in [4.78, 5) is 15.5. The molecule has 12 aromatic carbocycles. The fraction of sp³-hybridized carbons (Fsp3) is 0. The van der Waals surface area contributed by atoms with E-state index >= 15 is 0 Å². The summed E-state index contributed by atoms with van der Waals surface area (Å²) in [7, 11) is 0. The zero-order valence-corrected chi connectivity index (χ0v) is 51.4. The second kappa shape index (κ2) is 24.4. The molecule has 0 saturated heterocycles. The third kappa shape index (κ3) is 10.5. The van der Waals surface area contributed by atoms with Crippen molar-refractivity contribution in [2.75, 3.05) is 0 Å². The van der Waals surface area contributed by atoms with Gasteiger partial charge in [-0.05, 0) is 202 Å². The fourth-order valence-corrected chi connectivity index (χ4v) is 13.0. The largest absolute Gasteiger partial charge is 0.309 e. The summed E-state index contributed by atoms with van der Waals surface area (Å²) in [6.45, 7) is 0. The maximum absolute atomic E-state index is 11.1. The molecule has 14 nitrogen and oxygen atoms in total.